The smallest absolute Gasteiger partial charge is 0.251 e. The van der Waals surface area contributed by atoms with Crippen molar-refractivity contribution in [2.75, 3.05) is 11.9 Å². The maximum atomic E-state index is 12.7. The summed E-state index contributed by atoms with van der Waals surface area (Å²) in [6, 6.07) is 5.30. The number of aromatic nitrogens is 1. The largest absolute Gasteiger partial charge is 0.352 e. The predicted molar refractivity (Wildman–Crippen MR) is 78.7 cm³/mol. The second-order valence-corrected chi connectivity index (χ2v) is 5.15. The van der Waals surface area contributed by atoms with Gasteiger partial charge in [-0.15, -0.1) is 11.3 Å². The van der Waals surface area contributed by atoms with E-state index in [9.17, 15) is 14.0 Å². The molecule has 0 spiro atoms. The van der Waals surface area contributed by atoms with E-state index in [2.05, 4.69) is 15.6 Å². The van der Waals surface area contributed by atoms with Crippen LogP contribution in [0.5, 0.6) is 0 Å². The third-order valence-corrected chi connectivity index (χ3v) is 3.34. The Bertz CT molecular complexity index is 599. The van der Waals surface area contributed by atoms with Crippen molar-refractivity contribution in [1.29, 1.82) is 0 Å². The van der Waals surface area contributed by atoms with Gasteiger partial charge in [-0.2, -0.15) is 0 Å². The van der Waals surface area contributed by atoms with Crippen LogP contribution in [0.2, 0.25) is 0 Å². The van der Waals surface area contributed by atoms with Gasteiger partial charge in [0, 0.05) is 30.1 Å². The third kappa shape index (κ3) is 4.96. The number of nitrogens with one attached hydrogen (secondary N) is 2. The quantitative estimate of drug-likeness (QED) is 0.805. The molecular formula is C14H14FN3O2S. The summed E-state index contributed by atoms with van der Waals surface area (Å²) in [6.45, 7) is 0.376. The molecular weight excluding hydrogens is 293 g/mol. The van der Waals surface area contributed by atoms with Crippen molar-refractivity contribution in [2.45, 2.75) is 12.8 Å². The lowest BCUT2D eigenvalue weighted by Gasteiger charge is -2.05. The lowest BCUT2D eigenvalue weighted by atomic mass is 10.2. The Morgan fingerprint density at radius 3 is 2.67 bits per heavy atom. The molecule has 0 saturated carbocycles. The summed E-state index contributed by atoms with van der Waals surface area (Å²) in [7, 11) is 0. The monoisotopic (exact) mass is 307 g/mol. The average Bonchev–Trinajstić information content (AvgIpc) is 2.97. The number of nitrogens with zero attached hydrogens (tertiary/aromatic N) is 1. The number of carbonyl (C=O) groups is 2. The molecule has 1 heterocycles. The van der Waals surface area contributed by atoms with Crippen molar-refractivity contribution in [3.05, 3.63) is 47.2 Å². The summed E-state index contributed by atoms with van der Waals surface area (Å²) in [6.07, 6.45) is 2.43. The van der Waals surface area contributed by atoms with Gasteiger partial charge in [-0.3, -0.25) is 9.59 Å². The Labute approximate surface area is 125 Å². The molecule has 0 aliphatic rings. The van der Waals surface area contributed by atoms with Crippen LogP contribution in [0.3, 0.4) is 0 Å². The fourth-order valence-electron chi connectivity index (χ4n) is 1.62. The van der Waals surface area contributed by atoms with Crippen LogP contribution in [0.4, 0.5) is 9.52 Å². The first-order chi connectivity index (χ1) is 10.1. The molecule has 2 aromatic rings. The zero-order chi connectivity index (χ0) is 15.1. The minimum atomic E-state index is -0.384. The molecule has 0 saturated heterocycles. The highest BCUT2D eigenvalue weighted by atomic mass is 32.1. The van der Waals surface area contributed by atoms with Crippen LogP contribution in [-0.2, 0) is 4.79 Å². The SMILES string of the molecule is O=C(CCCNC(=O)c1ccc(F)cc1)Nc1nccs1. The van der Waals surface area contributed by atoms with E-state index in [1.54, 1.807) is 11.6 Å². The van der Waals surface area contributed by atoms with E-state index < -0.39 is 0 Å². The molecule has 0 aliphatic heterocycles. The van der Waals surface area contributed by atoms with Crippen LogP contribution in [0, 0.1) is 5.82 Å². The maximum absolute atomic E-state index is 12.7. The number of thiazole rings is 1. The van der Waals surface area contributed by atoms with Gasteiger partial charge in [-0.1, -0.05) is 0 Å². The molecule has 7 heteroatoms. The predicted octanol–water partition coefficient (Wildman–Crippen LogP) is 2.43. The van der Waals surface area contributed by atoms with Gasteiger partial charge < -0.3 is 10.6 Å². The molecule has 0 bridgehead atoms. The van der Waals surface area contributed by atoms with Crippen LogP contribution in [-0.4, -0.2) is 23.3 Å². The van der Waals surface area contributed by atoms with Crippen LogP contribution >= 0.6 is 11.3 Å². The average molecular weight is 307 g/mol. The number of rotatable bonds is 6. The van der Waals surface area contributed by atoms with E-state index >= 15 is 0 Å². The normalized spacial score (nSPS) is 10.1. The Morgan fingerprint density at radius 2 is 2.00 bits per heavy atom. The highest BCUT2D eigenvalue weighted by molar-refractivity contribution is 7.13. The van der Waals surface area contributed by atoms with E-state index in [1.165, 1.54) is 35.6 Å². The van der Waals surface area contributed by atoms with Crippen LogP contribution in [0.1, 0.15) is 23.2 Å². The van der Waals surface area contributed by atoms with Gasteiger partial charge in [0.05, 0.1) is 0 Å². The molecule has 0 aliphatic carbocycles. The van der Waals surface area contributed by atoms with Crippen LogP contribution in [0.15, 0.2) is 35.8 Å². The summed E-state index contributed by atoms with van der Waals surface area (Å²) >= 11 is 1.35. The van der Waals surface area contributed by atoms with Crippen molar-refractivity contribution < 1.29 is 14.0 Å². The molecule has 1 aromatic heterocycles. The first-order valence-electron chi connectivity index (χ1n) is 6.38. The van der Waals surface area contributed by atoms with Crippen LogP contribution in [0.25, 0.3) is 0 Å². The number of amides is 2. The first-order valence-corrected chi connectivity index (χ1v) is 7.26. The second kappa shape index (κ2) is 7.49. The number of benzene rings is 1. The highest BCUT2D eigenvalue weighted by Crippen LogP contribution is 2.10. The lowest BCUT2D eigenvalue weighted by molar-refractivity contribution is -0.116. The van der Waals surface area contributed by atoms with Gasteiger partial charge >= 0.3 is 0 Å². The number of anilines is 1. The standard InChI is InChI=1S/C14H14FN3O2S/c15-11-5-3-10(4-6-11)13(20)16-7-1-2-12(19)18-14-17-8-9-21-14/h3-6,8-9H,1-2,7H2,(H,16,20)(H,17,18,19). The third-order valence-electron chi connectivity index (χ3n) is 2.65. The van der Waals surface area contributed by atoms with E-state index in [4.69, 9.17) is 0 Å². The van der Waals surface area contributed by atoms with Gasteiger partial charge in [-0.05, 0) is 30.7 Å². The topological polar surface area (TPSA) is 71.1 Å². The molecule has 21 heavy (non-hydrogen) atoms. The Morgan fingerprint density at radius 1 is 1.24 bits per heavy atom. The number of carbonyl (C=O) groups excluding carboxylic acids is 2. The fraction of sp³-hybridized carbons (Fsp3) is 0.214. The molecule has 2 amide bonds. The van der Waals surface area contributed by atoms with Crippen molar-refractivity contribution >= 4 is 28.3 Å². The summed E-state index contributed by atoms with van der Waals surface area (Å²) in [5.74, 6) is -0.804. The number of halogens is 1. The second-order valence-electron chi connectivity index (χ2n) is 4.25. The minimum Gasteiger partial charge on any atom is -0.352 e. The van der Waals surface area contributed by atoms with Crippen molar-refractivity contribution in [3.63, 3.8) is 0 Å². The van der Waals surface area contributed by atoms with E-state index in [0.717, 1.165) is 0 Å². The van der Waals surface area contributed by atoms with Gasteiger partial charge in [-0.25, -0.2) is 9.37 Å². The fourth-order valence-corrected chi connectivity index (χ4v) is 2.17. The van der Waals surface area contributed by atoms with Crippen molar-refractivity contribution in [2.24, 2.45) is 0 Å². The molecule has 2 N–H and O–H groups in total. The first kappa shape index (κ1) is 15.1. The Kier molecular flexibility index (Phi) is 5.39. The number of hydrogen-bond acceptors (Lipinski definition) is 4. The van der Waals surface area contributed by atoms with Gasteiger partial charge in [0.25, 0.3) is 5.91 Å². The van der Waals surface area contributed by atoms with Crippen molar-refractivity contribution in [3.8, 4) is 0 Å². The maximum Gasteiger partial charge on any atom is 0.251 e. The molecule has 5 nitrogen and oxygen atoms in total. The van der Waals surface area contributed by atoms with Gasteiger partial charge in [0.1, 0.15) is 5.82 Å². The molecule has 110 valence electrons. The zero-order valence-electron chi connectivity index (χ0n) is 11.1. The van der Waals surface area contributed by atoms with Gasteiger partial charge in [0.2, 0.25) is 5.91 Å². The van der Waals surface area contributed by atoms with Crippen molar-refractivity contribution in [1.82, 2.24) is 10.3 Å². The number of hydrogen-bond donors (Lipinski definition) is 2. The summed E-state index contributed by atoms with van der Waals surface area (Å²) < 4.78 is 12.7. The molecule has 0 atom stereocenters. The Hall–Kier alpha value is -2.28. The molecule has 0 unspecified atom stereocenters. The van der Waals surface area contributed by atoms with E-state index in [0.29, 0.717) is 30.1 Å². The molecule has 1 aromatic carbocycles. The van der Waals surface area contributed by atoms with Crippen LogP contribution < -0.4 is 10.6 Å². The van der Waals surface area contributed by atoms with E-state index in [-0.39, 0.29) is 17.6 Å². The minimum absolute atomic E-state index is 0.138. The highest BCUT2D eigenvalue weighted by Gasteiger charge is 2.06. The van der Waals surface area contributed by atoms with Gasteiger partial charge in [0.15, 0.2) is 5.13 Å². The molecule has 2 rings (SSSR count). The summed E-state index contributed by atoms with van der Waals surface area (Å²) in [4.78, 5) is 27.2. The zero-order valence-corrected chi connectivity index (χ0v) is 12.0. The lowest BCUT2D eigenvalue weighted by Crippen LogP contribution is -2.25. The molecule has 0 radical (unpaired) electrons. The molecule has 0 fully saturated rings. The Balaban J connectivity index is 1.66. The van der Waals surface area contributed by atoms with E-state index in [1.807, 2.05) is 0 Å². The summed E-state index contributed by atoms with van der Waals surface area (Å²) in [5, 5.41) is 7.68. The summed E-state index contributed by atoms with van der Waals surface area (Å²) in [5.41, 5.74) is 0.392.